The number of carbonyl (C=O) groups excluding carboxylic acids is 1. The number of aromatic amines is 2. The first kappa shape index (κ1) is 12.6. The molecule has 1 amide bonds. The average Bonchev–Trinajstić information content (AvgIpc) is 2.27. The van der Waals surface area contributed by atoms with E-state index in [1.807, 2.05) is 11.1 Å². The van der Waals surface area contributed by atoms with Crippen LogP contribution in [0.2, 0.25) is 0 Å². The van der Waals surface area contributed by atoms with E-state index in [1.165, 1.54) is 0 Å². The van der Waals surface area contributed by atoms with Gasteiger partial charge in [-0.3, -0.25) is 14.6 Å². The van der Waals surface area contributed by atoms with E-state index in [9.17, 15) is 14.4 Å². The molecule has 6 nitrogen and oxygen atoms in total. The predicted molar refractivity (Wildman–Crippen MR) is 74.8 cm³/mol. The zero-order chi connectivity index (χ0) is 13.1. The molecule has 92 valence electrons. The van der Waals surface area contributed by atoms with E-state index in [4.69, 9.17) is 0 Å². The third-order valence-electron chi connectivity index (χ3n) is 2.09. The van der Waals surface area contributed by atoms with Crippen molar-refractivity contribution in [3.05, 3.63) is 60.4 Å². The SMILES string of the molecule is O=C(Nc1cccc(I)c1)c1cc(=O)[nH]c(=O)[nH]1. The van der Waals surface area contributed by atoms with Crippen LogP contribution in [0.25, 0.3) is 0 Å². The van der Waals surface area contributed by atoms with E-state index in [0.717, 1.165) is 9.64 Å². The zero-order valence-electron chi connectivity index (χ0n) is 8.99. The van der Waals surface area contributed by atoms with Crippen molar-refractivity contribution in [1.29, 1.82) is 0 Å². The lowest BCUT2D eigenvalue weighted by molar-refractivity contribution is 0.102. The molecule has 0 aliphatic carbocycles. The summed E-state index contributed by atoms with van der Waals surface area (Å²) in [6.45, 7) is 0. The van der Waals surface area contributed by atoms with Crippen LogP contribution in [-0.4, -0.2) is 15.9 Å². The Morgan fingerprint density at radius 1 is 1.17 bits per heavy atom. The molecule has 0 aliphatic rings. The first-order chi connectivity index (χ1) is 8.54. The van der Waals surface area contributed by atoms with Gasteiger partial charge in [0, 0.05) is 15.3 Å². The summed E-state index contributed by atoms with van der Waals surface area (Å²) in [4.78, 5) is 38.1. The van der Waals surface area contributed by atoms with Gasteiger partial charge >= 0.3 is 5.69 Å². The smallest absolute Gasteiger partial charge is 0.321 e. The van der Waals surface area contributed by atoms with Crippen LogP contribution >= 0.6 is 22.6 Å². The van der Waals surface area contributed by atoms with Gasteiger partial charge in [0.2, 0.25) is 0 Å². The van der Waals surface area contributed by atoms with Gasteiger partial charge in [0.25, 0.3) is 11.5 Å². The lowest BCUT2D eigenvalue weighted by atomic mass is 10.3. The second-order valence-electron chi connectivity index (χ2n) is 3.47. The molecule has 0 unspecified atom stereocenters. The molecular weight excluding hydrogens is 349 g/mol. The van der Waals surface area contributed by atoms with Crippen LogP contribution in [0.4, 0.5) is 5.69 Å². The standard InChI is InChI=1S/C11H8IN3O3/c12-6-2-1-3-7(4-6)13-10(17)8-5-9(16)15-11(18)14-8/h1-5H,(H,13,17)(H2,14,15,16,18). The Bertz CT molecular complexity index is 677. The van der Waals surface area contributed by atoms with Crippen LogP contribution in [-0.2, 0) is 0 Å². The van der Waals surface area contributed by atoms with E-state index < -0.39 is 17.2 Å². The fraction of sp³-hybridized carbons (Fsp3) is 0. The highest BCUT2D eigenvalue weighted by Crippen LogP contribution is 2.12. The largest absolute Gasteiger partial charge is 0.326 e. The summed E-state index contributed by atoms with van der Waals surface area (Å²) in [5.74, 6) is -0.541. The van der Waals surface area contributed by atoms with Crippen molar-refractivity contribution in [3.8, 4) is 0 Å². The highest BCUT2D eigenvalue weighted by atomic mass is 127. The number of H-pyrrole nitrogens is 2. The van der Waals surface area contributed by atoms with Crippen molar-refractivity contribution < 1.29 is 4.79 Å². The summed E-state index contributed by atoms with van der Waals surface area (Å²) in [6.07, 6.45) is 0. The molecule has 1 aromatic carbocycles. The maximum atomic E-state index is 11.8. The summed E-state index contributed by atoms with van der Waals surface area (Å²) in [6, 6.07) is 8.18. The highest BCUT2D eigenvalue weighted by molar-refractivity contribution is 14.1. The minimum absolute atomic E-state index is 0.0809. The van der Waals surface area contributed by atoms with Gasteiger partial charge < -0.3 is 10.3 Å². The number of hydrogen-bond acceptors (Lipinski definition) is 3. The van der Waals surface area contributed by atoms with Crippen molar-refractivity contribution in [2.24, 2.45) is 0 Å². The summed E-state index contributed by atoms with van der Waals surface area (Å²) >= 11 is 2.11. The maximum Gasteiger partial charge on any atom is 0.326 e. The molecule has 0 radical (unpaired) electrons. The van der Waals surface area contributed by atoms with E-state index in [1.54, 1.807) is 18.2 Å². The molecule has 2 rings (SSSR count). The number of rotatable bonds is 2. The molecule has 0 aliphatic heterocycles. The topological polar surface area (TPSA) is 94.8 Å². The lowest BCUT2D eigenvalue weighted by Crippen LogP contribution is -2.27. The summed E-state index contributed by atoms with van der Waals surface area (Å²) in [5, 5.41) is 2.59. The molecule has 1 heterocycles. The molecule has 0 atom stereocenters. The molecular formula is C11H8IN3O3. The number of hydrogen-bond donors (Lipinski definition) is 3. The molecule has 2 aromatic rings. The first-order valence-electron chi connectivity index (χ1n) is 4.95. The quantitative estimate of drug-likeness (QED) is 0.698. The van der Waals surface area contributed by atoms with Gasteiger partial charge in [0.05, 0.1) is 0 Å². The molecule has 0 spiro atoms. The van der Waals surface area contributed by atoms with Gasteiger partial charge in [0.15, 0.2) is 0 Å². The Balaban J connectivity index is 2.27. The molecule has 0 fully saturated rings. The third kappa shape index (κ3) is 3.06. The van der Waals surface area contributed by atoms with Gasteiger partial charge in [-0.15, -0.1) is 0 Å². The summed E-state index contributed by atoms with van der Waals surface area (Å²) < 4.78 is 0.963. The molecule has 7 heteroatoms. The van der Waals surface area contributed by atoms with Crippen molar-refractivity contribution in [2.75, 3.05) is 5.32 Å². The van der Waals surface area contributed by atoms with Gasteiger partial charge in [-0.2, -0.15) is 0 Å². The average molecular weight is 357 g/mol. The van der Waals surface area contributed by atoms with Crippen LogP contribution < -0.4 is 16.6 Å². The first-order valence-corrected chi connectivity index (χ1v) is 6.03. The van der Waals surface area contributed by atoms with Crippen molar-refractivity contribution in [2.45, 2.75) is 0 Å². The summed E-state index contributed by atoms with van der Waals surface area (Å²) in [7, 11) is 0. The van der Waals surface area contributed by atoms with E-state index in [-0.39, 0.29) is 5.69 Å². The normalized spacial score (nSPS) is 10.1. The molecule has 1 aromatic heterocycles. The van der Waals surface area contributed by atoms with Gasteiger partial charge in [-0.1, -0.05) is 6.07 Å². The molecule has 0 bridgehead atoms. The van der Waals surface area contributed by atoms with E-state index in [2.05, 4.69) is 32.9 Å². The van der Waals surface area contributed by atoms with E-state index in [0.29, 0.717) is 5.69 Å². The van der Waals surface area contributed by atoms with Crippen LogP contribution in [0.1, 0.15) is 10.5 Å². The minimum atomic E-state index is -0.713. The number of halogens is 1. The van der Waals surface area contributed by atoms with Crippen molar-refractivity contribution in [3.63, 3.8) is 0 Å². The second kappa shape index (κ2) is 5.17. The fourth-order valence-corrected chi connectivity index (χ4v) is 1.90. The van der Waals surface area contributed by atoms with Gasteiger partial charge in [-0.25, -0.2) is 4.79 Å². The Hall–Kier alpha value is -1.90. The second-order valence-corrected chi connectivity index (χ2v) is 4.71. The minimum Gasteiger partial charge on any atom is -0.321 e. The van der Waals surface area contributed by atoms with E-state index >= 15 is 0 Å². The highest BCUT2D eigenvalue weighted by Gasteiger charge is 2.08. The van der Waals surface area contributed by atoms with Crippen molar-refractivity contribution >= 4 is 34.2 Å². The third-order valence-corrected chi connectivity index (χ3v) is 2.76. The summed E-state index contributed by atoms with van der Waals surface area (Å²) in [5.41, 5.74) is -0.822. The number of benzene rings is 1. The monoisotopic (exact) mass is 357 g/mol. The van der Waals surface area contributed by atoms with Gasteiger partial charge in [-0.05, 0) is 40.8 Å². The Morgan fingerprint density at radius 3 is 2.61 bits per heavy atom. The Labute approximate surface area is 115 Å². The van der Waals surface area contributed by atoms with Crippen molar-refractivity contribution in [1.82, 2.24) is 9.97 Å². The molecule has 0 saturated carbocycles. The van der Waals surface area contributed by atoms with Gasteiger partial charge in [0.1, 0.15) is 5.69 Å². The lowest BCUT2D eigenvalue weighted by Gasteiger charge is -2.04. The van der Waals surface area contributed by atoms with Crippen LogP contribution in [0.3, 0.4) is 0 Å². The number of aromatic nitrogens is 2. The molecule has 3 N–H and O–H groups in total. The molecule has 0 saturated heterocycles. The van der Waals surface area contributed by atoms with Crippen LogP contribution in [0, 0.1) is 3.57 Å². The maximum absolute atomic E-state index is 11.8. The Kier molecular flexibility index (Phi) is 3.60. The number of carbonyl (C=O) groups is 1. The van der Waals surface area contributed by atoms with Crippen LogP contribution in [0.15, 0.2) is 39.9 Å². The number of anilines is 1. The number of amides is 1. The predicted octanol–water partition coefficient (Wildman–Crippen LogP) is 0.920. The van der Waals surface area contributed by atoms with Crippen LogP contribution in [0.5, 0.6) is 0 Å². The fourth-order valence-electron chi connectivity index (χ4n) is 1.36. The molecule has 18 heavy (non-hydrogen) atoms. The number of nitrogens with one attached hydrogen (secondary N) is 3. The Morgan fingerprint density at radius 2 is 1.94 bits per heavy atom. The zero-order valence-corrected chi connectivity index (χ0v) is 11.1.